The number of hydrogen-bond donors (Lipinski definition) is 0. The van der Waals surface area contributed by atoms with Crippen molar-refractivity contribution in [1.29, 1.82) is 0 Å². The lowest BCUT2D eigenvalue weighted by Crippen LogP contribution is -2.14. The van der Waals surface area contributed by atoms with Crippen LogP contribution in [0, 0.1) is 12.8 Å². The van der Waals surface area contributed by atoms with Gasteiger partial charge in [0.05, 0.1) is 12.4 Å². The first kappa shape index (κ1) is 14.0. The number of imidazole rings is 1. The summed E-state index contributed by atoms with van der Waals surface area (Å²) >= 11 is 1.84. The van der Waals surface area contributed by atoms with Crippen molar-refractivity contribution >= 4 is 11.3 Å². The van der Waals surface area contributed by atoms with Crippen LogP contribution in [0.3, 0.4) is 0 Å². The zero-order valence-corrected chi connectivity index (χ0v) is 12.2. The van der Waals surface area contributed by atoms with Crippen molar-refractivity contribution in [2.24, 2.45) is 5.92 Å². The molecular weight excluding hydrogens is 228 g/mol. The molecule has 0 fully saturated rings. The van der Waals surface area contributed by atoms with Gasteiger partial charge in [-0.25, -0.2) is 4.98 Å². The maximum Gasteiger partial charge on any atom is 0.0952 e. The number of nitrogens with zero attached hydrogens (tertiary/aromatic N) is 2. The van der Waals surface area contributed by atoms with Gasteiger partial charge in [0, 0.05) is 17.3 Å². The molecule has 2 aromatic heterocycles. The van der Waals surface area contributed by atoms with Crippen LogP contribution in [-0.4, -0.2) is 9.55 Å². The Labute approximate surface area is 108 Å². The van der Waals surface area contributed by atoms with Gasteiger partial charge < -0.3 is 4.57 Å². The van der Waals surface area contributed by atoms with Crippen LogP contribution in [-0.2, 0) is 0 Å². The van der Waals surface area contributed by atoms with E-state index in [9.17, 15) is 0 Å². The number of rotatable bonds is 3. The highest BCUT2D eigenvalue weighted by atomic mass is 32.1. The Morgan fingerprint density at radius 1 is 1.29 bits per heavy atom. The van der Waals surface area contributed by atoms with E-state index in [1.165, 1.54) is 10.4 Å². The molecule has 0 saturated heterocycles. The Balaban J connectivity index is 0.000000686. The van der Waals surface area contributed by atoms with Crippen molar-refractivity contribution in [2.45, 2.75) is 40.7 Å². The maximum absolute atomic E-state index is 4.13. The number of hydrogen-bond acceptors (Lipinski definition) is 2. The van der Waals surface area contributed by atoms with Crippen molar-refractivity contribution in [1.82, 2.24) is 9.55 Å². The third-order valence-electron chi connectivity index (χ3n) is 2.65. The summed E-state index contributed by atoms with van der Waals surface area (Å²) in [7, 11) is 0. The standard InChI is InChI=1S/C12H16N2S.C2H6/c1-9(2)11(14-6-5-13-8-14)12-10(3)4-7-15-12;1-2/h4-9,11H,1-3H3;1-2H3. The summed E-state index contributed by atoms with van der Waals surface area (Å²) in [6.45, 7) is 10.7. The minimum atomic E-state index is 0.424. The van der Waals surface area contributed by atoms with Gasteiger partial charge in [0.25, 0.3) is 0 Å². The van der Waals surface area contributed by atoms with Crippen LogP contribution in [0.5, 0.6) is 0 Å². The Bertz CT molecular complexity index is 415. The largest absolute Gasteiger partial charge is 0.329 e. The predicted octanol–water partition coefficient (Wildman–Crippen LogP) is 4.52. The van der Waals surface area contributed by atoms with Gasteiger partial charge in [-0.15, -0.1) is 11.3 Å². The van der Waals surface area contributed by atoms with Crippen LogP contribution in [0.4, 0.5) is 0 Å². The molecule has 1 unspecified atom stereocenters. The second-order valence-electron chi connectivity index (χ2n) is 4.17. The molecule has 1 atom stereocenters. The SMILES string of the molecule is CC.Cc1ccsc1C(C(C)C)n1ccnc1. The third-order valence-corrected chi connectivity index (χ3v) is 3.74. The zero-order valence-electron chi connectivity index (χ0n) is 11.3. The Hall–Kier alpha value is -1.09. The maximum atomic E-state index is 4.13. The molecule has 0 aliphatic rings. The first-order valence-electron chi connectivity index (χ1n) is 6.21. The first-order chi connectivity index (χ1) is 8.20. The molecule has 0 aliphatic heterocycles. The van der Waals surface area contributed by atoms with E-state index >= 15 is 0 Å². The lowest BCUT2D eigenvalue weighted by molar-refractivity contribution is 0.441. The molecule has 2 rings (SSSR count). The lowest BCUT2D eigenvalue weighted by atomic mass is 10.0. The molecular formula is C14H22N2S. The molecule has 2 heterocycles. The fraction of sp³-hybridized carbons (Fsp3) is 0.500. The quantitative estimate of drug-likeness (QED) is 0.783. The molecule has 0 saturated carbocycles. The molecule has 0 aromatic carbocycles. The zero-order chi connectivity index (χ0) is 12.8. The average molecular weight is 250 g/mol. The van der Waals surface area contributed by atoms with Gasteiger partial charge in [-0.2, -0.15) is 0 Å². The van der Waals surface area contributed by atoms with Crippen LogP contribution < -0.4 is 0 Å². The number of aryl methyl sites for hydroxylation is 1. The van der Waals surface area contributed by atoms with Gasteiger partial charge in [0.1, 0.15) is 0 Å². The summed E-state index contributed by atoms with van der Waals surface area (Å²) in [4.78, 5) is 5.58. The smallest absolute Gasteiger partial charge is 0.0952 e. The topological polar surface area (TPSA) is 17.8 Å². The fourth-order valence-corrected chi connectivity index (χ4v) is 3.11. The first-order valence-corrected chi connectivity index (χ1v) is 7.09. The molecule has 0 bridgehead atoms. The fourth-order valence-electron chi connectivity index (χ4n) is 1.90. The molecule has 94 valence electrons. The molecule has 0 spiro atoms. The van der Waals surface area contributed by atoms with Crippen LogP contribution in [0.1, 0.15) is 44.2 Å². The van der Waals surface area contributed by atoms with Gasteiger partial charge in [0.15, 0.2) is 0 Å². The number of thiophene rings is 1. The van der Waals surface area contributed by atoms with Crippen molar-refractivity contribution in [3.05, 3.63) is 40.6 Å². The van der Waals surface area contributed by atoms with E-state index in [0.29, 0.717) is 12.0 Å². The van der Waals surface area contributed by atoms with Gasteiger partial charge in [0.2, 0.25) is 0 Å². The van der Waals surface area contributed by atoms with Crippen LogP contribution >= 0.6 is 11.3 Å². The highest BCUT2D eigenvalue weighted by molar-refractivity contribution is 7.10. The molecule has 3 heteroatoms. The number of aromatic nitrogens is 2. The summed E-state index contributed by atoms with van der Waals surface area (Å²) < 4.78 is 2.20. The Morgan fingerprint density at radius 2 is 2.00 bits per heavy atom. The van der Waals surface area contributed by atoms with Crippen LogP contribution in [0.2, 0.25) is 0 Å². The van der Waals surface area contributed by atoms with E-state index in [-0.39, 0.29) is 0 Å². The highest BCUT2D eigenvalue weighted by Crippen LogP contribution is 2.32. The summed E-state index contributed by atoms with van der Waals surface area (Å²) in [5, 5.41) is 2.16. The van der Waals surface area contributed by atoms with E-state index in [1.807, 2.05) is 43.9 Å². The summed E-state index contributed by atoms with van der Waals surface area (Å²) in [5.74, 6) is 0.580. The molecule has 2 aromatic rings. The molecule has 2 nitrogen and oxygen atoms in total. The Kier molecular flexibility index (Phi) is 5.42. The van der Waals surface area contributed by atoms with Crippen molar-refractivity contribution < 1.29 is 0 Å². The molecule has 0 amide bonds. The second kappa shape index (κ2) is 6.60. The van der Waals surface area contributed by atoms with E-state index in [1.54, 1.807) is 0 Å². The lowest BCUT2D eigenvalue weighted by Gasteiger charge is -2.22. The van der Waals surface area contributed by atoms with Gasteiger partial charge in [-0.05, 0) is 29.9 Å². The second-order valence-corrected chi connectivity index (χ2v) is 5.11. The van der Waals surface area contributed by atoms with Crippen molar-refractivity contribution in [3.63, 3.8) is 0 Å². The summed E-state index contributed by atoms with van der Waals surface area (Å²) in [6.07, 6.45) is 5.80. The van der Waals surface area contributed by atoms with Gasteiger partial charge in [-0.1, -0.05) is 27.7 Å². The highest BCUT2D eigenvalue weighted by Gasteiger charge is 2.20. The van der Waals surface area contributed by atoms with Gasteiger partial charge in [-0.3, -0.25) is 0 Å². The predicted molar refractivity (Wildman–Crippen MR) is 75.6 cm³/mol. The monoisotopic (exact) mass is 250 g/mol. The molecule has 17 heavy (non-hydrogen) atoms. The normalized spacial score (nSPS) is 12.1. The average Bonchev–Trinajstić information content (AvgIpc) is 2.95. The molecule has 0 radical (unpaired) electrons. The van der Waals surface area contributed by atoms with E-state index in [4.69, 9.17) is 0 Å². The third kappa shape index (κ3) is 3.19. The molecule has 0 N–H and O–H groups in total. The van der Waals surface area contributed by atoms with E-state index in [0.717, 1.165) is 0 Å². The minimum Gasteiger partial charge on any atom is -0.329 e. The van der Waals surface area contributed by atoms with Crippen LogP contribution in [0.15, 0.2) is 30.2 Å². The van der Waals surface area contributed by atoms with E-state index in [2.05, 4.69) is 41.8 Å². The van der Waals surface area contributed by atoms with Crippen molar-refractivity contribution in [2.75, 3.05) is 0 Å². The van der Waals surface area contributed by atoms with Crippen LogP contribution in [0.25, 0.3) is 0 Å². The summed E-state index contributed by atoms with van der Waals surface area (Å²) in [6, 6.07) is 2.61. The van der Waals surface area contributed by atoms with Crippen molar-refractivity contribution in [3.8, 4) is 0 Å². The van der Waals surface area contributed by atoms with E-state index < -0.39 is 0 Å². The summed E-state index contributed by atoms with van der Waals surface area (Å²) in [5.41, 5.74) is 1.38. The minimum absolute atomic E-state index is 0.424. The van der Waals surface area contributed by atoms with Gasteiger partial charge >= 0.3 is 0 Å². The Morgan fingerprint density at radius 3 is 2.41 bits per heavy atom. The molecule has 0 aliphatic carbocycles.